The molecule has 0 N–H and O–H groups in total. The zero-order valence-corrected chi connectivity index (χ0v) is 8.97. The number of carbonyl (C=O) groups excluding carboxylic acids is 1. The molecule has 1 aromatic heterocycles. The van der Waals surface area contributed by atoms with Crippen molar-refractivity contribution in [2.45, 2.75) is 25.7 Å². The average molecular weight is 211 g/mol. The van der Waals surface area contributed by atoms with Crippen molar-refractivity contribution in [3.05, 3.63) is 17.5 Å². The van der Waals surface area contributed by atoms with E-state index < -0.39 is 0 Å². The molecule has 1 atom stereocenters. The molecular weight excluding hydrogens is 198 g/mol. The predicted octanol–water partition coefficient (Wildman–Crippen LogP) is 2.49. The summed E-state index contributed by atoms with van der Waals surface area (Å²) in [6, 6.07) is 0. The number of aromatic nitrogens is 1. The molecule has 0 bridgehead atoms. The minimum absolute atomic E-state index is 0.0526. The first-order valence-electron chi connectivity index (χ1n) is 4.82. The van der Waals surface area contributed by atoms with Gasteiger partial charge < -0.3 is 4.52 Å². The Morgan fingerprint density at radius 1 is 1.71 bits per heavy atom. The Labute approximate surface area is 87.2 Å². The minimum Gasteiger partial charge on any atom is -0.360 e. The fraction of sp³-hybridized carbons (Fsp3) is 0.600. The van der Waals surface area contributed by atoms with Crippen LogP contribution in [0.15, 0.2) is 10.7 Å². The number of nitrogens with zero attached hydrogens (tertiary/aromatic N) is 1. The van der Waals surface area contributed by atoms with Gasteiger partial charge in [-0.1, -0.05) is 5.16 Å². The molecule has 76 valence electrons. The van der Waals surface area contributed by atoms with Gasteiger partial charge in [0.15, 0.2) is 11.5 Å². The van der Waals surface area contributed by atoms with Gasteiger partial charge in [-0.25, -0.2) is 0 Å². The Morgan fingerprint density at radius 3 is 3.21 bits per heavy atom. The normalized spacial score (nSPS) is 22.2. The first kappa shape index (κ1) is 9.77. The highest BCUT2D eigenvalue weighted by atomic mass is 32.2. The molecule has 1 fully saturated rings. The van der Waals surface area contributed by atoms with Crippen LogP contribution in [0.3, 0.4) is 0 Å². The van der Waals surface area contributed by atoms with Crippen LogP contribution in [0.1, 0.15) is 41.8 Å². The van der Waals surface area contributed by atoms with Crippen molar-refractivity contribution >= 4 is 17.5 Å². The zero-order valence-electron chi connectivity index (χ0n) is 8.16. The maximum absolute atomic E-state index is 11.3. The Kier molecular flexibility index (Phi) is 2.91. The molecule has 2 rings (SSSR count). The summed E-state index contributed by atoms with van der Waals surface area (Å²) >= 11 is 1.92. The fourth-order valence-corrected chi connectivity index (χ4v) is 2.89. The van der Waals surface area contributed by atoms with Gasteiger partial charge in [0.1, 0.15) is 0 Å². The van der Waals surface area contributed by atoms with Crippen LogP contribution in [0, 0.1) is 0 Å². The maximum atomic E-state index is 11.3. The average Bonchev–Trinajstić information content (AvgIpc) is 2.67. The zero-order chi connectivity index (χ0) is 9.97. The first-order chi connectivity index (χ1) is 6.79. The lowest BCUT2D eigenvalue weighted by Gasteiger charge is -2.18. The third-order valence-electron chi connectivity index (χ3n) is 2.51. The number of carbonyl (C=O) groups is 1. The van der Waals surface area contributed by atoms with Crippen LogP contribution in [0.5, 0.6) is 0 Å². The largest absolute Gasteiger partial charge is 0.360 e. The van der Waals surface area contributed by atoms with Crippen LogP contribution in [0.4, 0.5) is 0 Å². The SMILES string of the molecule is CC(=O)c1cnoc1C1CCCSC1. The molecule has 1 saturated heterocycles. The van der Waals surface area contributed by atoms with E-state index in [0.717, 1.165) is 17.9 Å². The molecule has 4 heteroatoms. The van der Waals surface area contributed by atoms with Gasteiger partial charge in [-0.05, 0) is 25.5 Å². The minimum atomic E-state index is 0.0526. The molecule has 1 aliphatic rings. The van der Waals surface area contributed by atoms with Crippen molar-refractivity contribution in [3.63, 3.8) is 0 Å². The Hall–Kier alpha value is -0.770. The summed E-state index contributed by atoms with van der Waals surface area (Å²) in [7, 11) is 0. The van der Waals surface area contributed by atoms with Crippen molar-refractivity contribution in [2.75, 3.05) is 11.5 Å². The van der Waals surface area contributed by atoms with E-state index in [1.54, 1.807) is 6.92 Å². The van der Waals surface area contributed by atoms with Crippen LogP contribution in [0.2, 0.25) is 0 Å². The summed E-state index contributed by atoms with van der Waals surface area (Å²) in [5.74, 6) is 3.51. The molecule has 3 nitrogen and oxygen atoms in total. The summed E-state index contributed by atoms with van der Waals surface area (Å²) in [5.41, 5.74) is 0.664. The molecule has 0 aliphatic carbocycles. The molecule has 0 aromatic carbocycles. The highest BCUT2D eigenvalue weighted by Gasteiger charge is 2.24. The summed E-state index contributed by atoms with van der Waals surface area (Å²) < 4.78 is 5.18. The van der Waals surface area contributed by atoms with Gasteiger partial charge in [-0.2, -0.15) is 11.8 Å². The number of hydrogen-bond donors (Lipinski definition) is 0. The molecule has 0 radical (unpaired) electrons. The second kappa shape index (κ2) is 4.17. The number of rotatable bonds is 2. The fourth-order valence-electron chi connectivity index (χ4n) is 1.75. The predicted molar refractivity (Wildman–Crippen MR) is 55.8 cm³/mol. The van der Waals surface area contributed by atoms with Crippen molar-refractivity contribution in [1.29, 1.82) is 0 Å². The van der Waals surface area contributed by atoms with Crippen LogP contribution in [-0.4, -0.2) is 22.4 Å². The monoisotopic (exact) mass is 211 g/mol. The summed E-state index contributed by atoms with van der Waals surface area (Å²) in [6.07, 6.45) is 3.85. The molecule has 1 aliphatic heterocycles. The van der Waals surface area contributed by atoms with E-state index in [1.807, 2.05) is 11.8 Å². The van der Waals surface area contributed by atoms with E-state index in [9.17, 15) is 4.79 Å². The molecular formula is C10H13NO2S. The highest BCUT2D eigenvalue weighted by Crippen LogP contribution is 2.32. The number of ketones is 1. The molecule has 1 aromatic rings. The molecule has 1 unspecified atom stereocenters. The second-order valence-corrected chi connectivity index (χ2v) is 4.72. The van der Waals surface area contributed by atoms with Crippen LogP contribution >= 0.6 is 11.8 Å². The van der Waals surface area contributed by atoms with Crippen LogP contribution < -0.4 is 0 Å². The van der Waals surface area contributed by atoms with Gasteiger partial charge in [0.25, 0.3) is 0 Å². The summed E-state index contributed by atoms with van der Waals surface area (Å²) in [5, 5.41) is 3.71. The Bertz CT molecular complexity index is 329. The van der Waals surface area contributed by atoms with Gasteiger partial charge in [-0.3, -0.25) is 4.79 Å². The van der Waals surface area contributed by atoms with E-state index >= 15 is 0 Å². The van der Waals surface area contributed by atoms with E-state index in [0.29, 0.717) is 11.5 Å². The lowest BCUT2D eigenvalue weighted by atomic mass is 9.98. The van der Waals surface area contributed by atoms with E-state index in [1.165, 1.54) is 18.4 Å². The molecule has 0 spiro atoms. The van der Waals surface area contributed by atoms with Crippen LogP contribution in [0.25, 0.3) is 0 Å². The Morgan fingerprint density at radius 2 is 2.57 bits per heavy atom. The third-order valence-corrected chi connectivity index (χ3v) is 3.72. The summed E-state index contributed by atoms with van der Waals surface area (Å²) in [6.45, 7) is 1.56. The Balaban J connectivity index is 2.21. The lowest BCUT2D eigenvalue weighted by Crippen LogP contribution is -2.10. The van der Waals surface area contributed by atoms with Crippen molar-refractivity contribution in [3.8, 4) is 0 Å². The van der Waals surface area contributed by atoms with Crippen molar-refractivity contribution < 1.29 is 9.32 Å². The lowest BCUT2D eigenvalue weighted by molar-refractivity contribution is 0.101. The van der Waals surface area contributed by atoms with Crippen LogP contribution in [-0.2, 0) is 0 Å². The maximum Gasteiger partial charge on any atom is 0.164 e. The first-order valence-corrected chi connectivity index (χ1v) is 5.97. The van der Waals surface area contributed by atoms with E-state index in [2.05, 4.69) is 5.16 Å². The van der Waals surface area contributed by atoms with Gasteiger partial charge in [0.2, 0.25) is 0 Å². The van der Waals surface area contributed by atoms with Gasteiger partial charge in [-0.15, -0.1) is 0 Å². The van der Waals surface area contributed by atoms with Crippen molar-refractivity contribution in [2.24, 2.45) is 0 Å². The van der Waals surface area contributed by atoms with Gasteiger partial charge >= 0.3 is 0 Å². The standard InChI is InChI=1S/C10H13NO2S/c1-7(12)9-5-11-13-10(9)8-3-2-4-14-6-8/h5,8H,2-4,6H2,1H3. The molecule has 14 heavy (non-hydrogen) atoms. The topological polar surface area (TPSA) is 43.1 Å². The smallest absolute Gasteiger partial charge is 0.164 e. The van der Waals surface area contributed by atoms with Gasteiger partial charge in [0.05, 0.1) is 11.8 Å². The highest BCUT2D eigenvalue weighted by molar-refractivity contribution is 7.99. The van der Waals surface area contributed by atoms with E-state index in [4.69, 9.17) is 4.52 Å². The third kappa shape index (κ3) is 1.85. The molecule has 0 amide bonds. The number of hydrogen-bond acceptors (Lipinski definition) is 4. The summed E-state index contributed by atoms with van der Waals surface area (Å²) in [4.78, 5) is 11.3. The van der Waals surface area contributed by atoms with E-state index in [-0.39, 0.29) is 5.78 Å². The second-order valence-electron chi connectivity index (χ2n) is 3.57. The quantitative estimate of drug-likeness (QED) is 0.705. The number of Topliss-reactive ketones (excluding diaryl/α,β-unsaturated/α-hetero) is 1. The molecule has 0 saturated carbocycles. The molecule has 2 heterocycles. The van der Waals surface area contributed by atoms with Crippen molar-refractivity contribution in [1.82, 2.24) is 5.16 Å². The number of thioether (sulfide) groups is 1. The van der Waals surface area contributed by atoms with Gasteiger partial charge in [0, 0.05) is 11.7 Å².